The van der Waals surface area contributed by atoms with Crippen LogP contribution in [0.3, 0.4) is 0 Å². The average Bonchev–Trinajstić information content (AvgIpc) is 2.70. The molecule has 156 valence electrons. The first-order valence-corrected chi connectivity index (χ1v) is 10.3. The molecule has 0 spiro atoms. The molecular formula is C24H32N2O3. The van der Waals surface area contributed by atoms with E-state index in [9.17, 15) is 4.79 Å². The van der Waals surface area contributed by atoms with Crippen LogP contribution in [-0.2, 0) is 0 Å². The molecule has 1 aliphatic rings. The maximum absolute atomic E-state index is 12.9. The van der Waals surface area contributed by atoms with E-state index in [1.165, 1.54) is 0 Å². The predicted octanol–water partition coefficient (Wildman–Crippen LogP) is 4.85. The Hall–Kier alpha value is -2.53. The summed E-state index contributed by atoms with van der Waals surface area (Å²) in [6.07, 6.45) is 2.36. The van der Waals surface area contributed by atoms with Crippen LogP contribution in [0.4, 0.5) is 5.69 Å². The fourth-order valence-corrected chi connectivity index (χ4v) is 3.68. The van der Waals surface area contributed by atoms with Gasteiger partial charge in [-0.1, -0.05) is 13.8 Å². The molecule has 0 saturated carbocycles. The number of piperidine rings is 1. The minimum atomic E-state index is -0.115. The van der Waals surface area contributed by atoms with Crippen LogP contribution in [-0.4, -0.2) is 44.2 Å². The third-order valence-corrected chi connectivity index (χ3v) is 5.52. The maximum atomic E-state index is 12.9. The third kappa shape index (κ3) is 5.30. The van der Waals surface area contributed by atoms with Crippen LogP contribution in [0.2, 0.25) is 0 Å². The van der Waals surface area contributed by atoms with E-state index in [4.69, 9.17) is 9.47 Å². The number of rotatable bonds is 6. The quantitative estimate of drug-likeness (QED) is 0.758. The van der Waals surface area contributed by atoms with Crippen molar-refractivity contribution >= 4 is 11.6 Å². The Labute approximate surface area is 174 Å². The Bertz CT molecular complexity index is 838. The first-order chi connectivity index (χ1) is 13.9. The lowest BCUT2D eigenvalue weighted by Gasteiger charge is -2.29. The van der Waals surface area contributed by atoms with Gasteiger partial charge in [0.15, 0.2) is 0 Å². The summed E-state index contributed by atoms with van der Waals surface area (Å²) >= 11 is 0. The van der Waals surface area contributed by atoms with Crippen molar-refractivity contribution < 1.29 is 14.3 Å². The summed E-state index contributed by atoms with van der Waals surface area (Å²) in [7, 11) is 3.80. The summed E-state index contributed by atoms with van der Waals surface area (Å²) in [5, 5.41) is 3.00. The van der Waals surface area contributed by atoms with Crippen molar-refractivity contribution in [2.45, 2.75) is 45.6 Å². The molecule has 1 N–H and O–H groups in total. The first kappa shape index (κ1) is 21.2. The Morgan fingerprint density at radius 3 is 2.38 bits per heavy atom. The van der Waals surface area contributed by atoms with Crippen molar-refractivity contribution in [3.05, 3.63) is 53.1 Å². The molecule has 5 nitrogen and oxygen atoms in total. The molecule has 1 fully saturated rings. The zero-order chi connectivity index (χ0) is 21.0. The predicted molar refractivity (Wildman–Crippen MR) is 117 cm³/mol. The van der Waals surface area contributed by atoms with Crippen LogP contribution in [0.1, 0.15) is 54.1 Å². The molecule has 0 atom stereocenters. The Balaban J connectivity index is 1.67. The van der Waals surface area contributed by atoms with Crippen LogP contribution in [0.15, 0.2) is 36.4 Å². The van der Waals surface area contributed by atoms with Gasteiger partial charge in [-0.3, -0.25) is 4.79 Å². The van der Waals surface area contributed by atoms with Crippen LogP contribution in [0.5, 0.6) is 11.5 Å². The molecule has 3 rings (SSSR count). The Morgan fingerprint density at radius 2 is 1.79 bits per heavy atom. The summed E-state index contributed by atoms with van der Waals surface area (Å²) < 4.78 is 11.6. The molecule has 5 heteroatoms. The van der Waals surface area contributed by atoms with Crippen molar-refractivity contribution in [3.63, 3.8) is 0 Å². The molecule has 0 bridgehead atoms. The third-order valence-electron chi connectivity index (χ3n) is 5.52. The molecule has 1 amide bonds. The number of nitrogens with zero attached hydrogens (tertiary/aromatic N) is 1. The molecule has 0 radical (unpaired) electrons. The van der Waals surface area contributed by atoms with Gasteiger partial charge in [-0.05, 0) is 80.3 Å². The zero-order valence-electron chi connectivity index (χ0n) is 18.1. The number of amides is 1. The molecule has 0 aromatic heterocycles. The highest BCUT2D eigenvalue weighted by Gasteiger charge is 2.18. The molecule has 0 unspecified atom stereocenters. The molecule has 1 saturated heterocycles. The van der Waals surface area contributed by atoms with Crippen LogP contribution in [0, 0.1) is 6.92 Å². The van der Waals surface area contributed by atoms with Gasteiger partial charge in [-0.15, -0.1) is 0 Å². The zero-order valence-corrected chi connectivity index (χ0v) is 18.1. The van der Waals surface area contributed by atoms with Gasteiger partial charge in [-0.25, -0.2) is 0 Å². The number of likely N-dealkylation sites (tertiary alicyclic amines) is 1. The second kappa shape index (κ2) is 9.31. The highest BCUT2D eigenvalue weighted by atomic mass is 16.5. The van der Waals surface area contributed by atoms with E-state index >= 15 is 0 Å². The van der Waals surface area contributed by atoms with Crippen LogP contribution >= 0.6 is 0 Å². The lowest BCUT2D eigenvalue weighted by molar-refractivity contribution is 0.102. The van der Waals surface area contributed by atoms with E-state index in [0.717, 1.165) is 54.2 Å². The summed E-state index contributed by atoms with van der Waals surface area (Å²) in [5.41, 5.74) is 3.35. The van der Waals surface area contributed by atoms with Crippen molar-refractivity contribution in [1.29, 1.82) is 0 Å². The van der Waals surface area contributed by atoms with E-state index in [0.29, 0.717) is 5.56 Å². The number of ether oxygens (including phenoxy) is 2. The number of anilines is 1. The second-order valence-corrected chi connectivity index (χ2v) is 8.16. The van der Waals surface area contributed by atoms with Gasteiger partial charge >= 0.3 is 0 Å². The molecule has 1 heterocycles. The van der Waals surface area contributed by atoms with Gasteiger partial charge in [0, 0.05) is 24.3 Å². The van der Waals surface area contributed by atoms with E-state index < -0.39 is 0 Å². The molecule has 0 aliphatic carbocycles. The van der Waals surface area contributed by atoms with Gasteiger partial charge in [-0.2, -0.15) is 0 Å². The van der Waals surface area contributed by atoms with Gasteiger partial charge in [0.1, 0.15) is 17.6 Å². The number of hydrogen-bond acceptors (Lipinski definition) is 4. The van der Waals surface area contributed by atoms with Gasteiger partial charge in [0.05, 0.1) is 7.11 Å². The minimum Gasteiger partial charge on any atom is -0.496 e. The van der Waals surface area contributed by atoms with Crippen molar-refractivity contribution in [2.24, 2.45) is 0 Å². The molecule has 2 aromatic rings. The Morgan fingerprint density at radius 1 is 1.14 bits per heavy atom. The topological polar surface area (TPSA) is 50.8 Å². The van der Waals surface area contributed by atoms with Crippen molar-refractivity contribution in [2.75, 3.05) is 32.6 Å². The highest BCUT2D eigenvalue weighted by molar-refractivity contribution is 6.05. The fraction of sp³-hybridized carbons (Fsp3) is 0.458. The lowest BCUT2D eigenvalue weighted by Crippen LogP contribution is -2.35. The molecule has 2 aromatic carbocycles. The normalized spacial score (nSPS) is 15.4. The smallest absolute Gasteiger partial charge is 0.255 e. The molecule has 1 aliphatic heterocycles. The average molecular weight is 397 g/mol. The lowest BCUT2D eigenvalue weighted by atomic mass is 9.96. The fourth-order valence-electron chi connectivity index (χ4n) is 3.68. The van der Waals surface area contributed by atoms with E-state index in [-0.39, 0.29) is 17.9 Å². The number of aryl methyl sites for hydroxylation is 1. The number of nitrogens with one attached hydrogen (secondary N) is 1. The summed E-state index contributed by atoms with van der Waals surface area (Å²) in [4.78, 5) is 15.2. The van der Waals surface area contributed by atoms with E-state index in [1.54, 1.807) is 7.11 Å². The number of benzene rings is 2. The number of carbonyl (C=O) groups is 1. The van der Waals surface area contributed by atoms with Crippen LogP contribution in [0.25, 0.3) is 0 Å². The SMILES string of the molecule is COc1cc(C)c(C(=O)Nc2ccc(OC3CCN(C)CC3)cc2)cc1C(C)C. The summed E-state index contributed by atoms with van der Waals surface area (Å²) in [6, 6.07) is 11.5. The molecule has 29 heavy (non-hydrogen) atoms. The highest BCUT2D eigenvalue weighted by Crippen LogP contribution is 2.30. The summed E-state index contributed by atoms with van der Waals surface area (Å²) in [6.45, 7) is 8.26. The maximum Gasteiger partial charge on any atom is 0.255 e. The standard InChI is InChI=1S/C24H32N2O3/c1-16(2)21-15-22(17(3)14-23(21)28-5)24(27)25-18-6-8-19(9-7-18)29-20-10-12-26(4)13-11-20/h6-9,14-16,20H,10-13H2,1-5H3,(H,25,27). The molecular weight excluding hydrogens is 364 g/mol. The summed E-state index contributed by atoms with van der Waals surface area (Å²) in [5.74, 6) is 1.83. The van der Waals surface area contributed by atoms with Crippen molar-refractivity contribution in [1.82, 2.24) is 4.90 Å². The van der Waals surface area contributed by atoms with E-state index in [2.05, 4.69) is 31.1 Å². The largest absolute Gasteiger partial charge is 0.496 e. The van der Waals surface area contributed by atoms with Crippen molar-refractivity contribution in [3.8, 4) is 11.5 Å². The van der Waals surface area contributed by atoms with Gasteiger partial charge in [0.2, 0.25) is 0 Å². The van der Waals surface area contributed by atoms with Crippen LogP contribution < -0.4 is 14.8 Å². The number of methoxy groups -OCH3 is 1. The Kier molecular flexibility index (Phi) is 6.80. The minimum absolute atomic E-state index is 0.115. The first-order valence-electron chi connectivity index (χ1n) is 10.3. The number of carbonyl (C=O) groups excluding carboxylic acids is 1. The van der Waals surface area contributed by atoms with E-state index in [1.807, 2.05) is 43.3 Å². The number of hydrogen-bond donors (Lipinski definition) is 1. The van der Waals surface area contributed by atoms with Gasteiger partial charge in [0.25, 0.3) is 5.91 Å². The second-order valence-electron chi connectivity index (χ2n) is 8.16. The monoisotopic (exact) mass is 396 g/mol. The van der Waals surface area contributed by atoms with Gasteiger partial charge < -0.3 is 19.7 Å².